The molecule has 1 aromatic rings. The molecule has 0 aliphatic heterocycles. The van der Waals surface area contributed by atoms with Gasteiger partial charge in [0, 0.05) is 17.0 Å². The fourth-order valence-corrected chi connectivity index (χ4v) is 4.54. The summed E-state index contributed by atoms with van der Waals surface area (Å²) in [6.45, 7) is 7.94. The minimum atomic E-state index is -3.43. The second-order valence-corrected chi connectivity index (χ2v) is 7.94. The summed E-state index contributed by atoms with van der Waals surface area (Å²) in [5, 5.41) is 0. The van der Waals surface area contributed by atoms with Crippen molar-refractivity contribution >= 4 is 33.8 Å². The Morgan fingerprint density at radius 1 is 1.32 bits per heavy atom. The minimum Gasteiger partial charge on any atom is -0.324 e. The molecule has 0 unspecified atom stereocenters. The van der Waals surface area contributed by atoms with E-state index in [0.717, 1.165) is 23.3 Å². The molecular formula is C12H23ClN2O2S2. The Labute approximate surface area is 126 Å². The lowest BCUT2D eigenvalue weighted by atomic mass is 9.95. The van der Waals surface area contributed by atoms with Crippen molar-refractivity contribution in [2.75, 3.05) is 6.54 Å². The van der Waals surface area contributed by atoms with E-state index in [2.05, 4.69) is 4.72 Å². The lowest BCUT2D eigenvalue weighted by Gasteiger charge is -2.26. The van der Waals surface area contributed by atoms with Gasteiger partial charge in [-0.2, -0.15) is 0 Å². The summed E-state index contributed by atoms with van der Waals surface area (Å²) in [6.07, 6.45) is 1.49. The highest BCUT2D eigenvalue weighted by atomic mass is 35.5. The fourth-order valence-electron chi connectivity index (χ4n) is 1.69. The summed E-state index contributed by atoms with van der Waals surface area (Å²) in [6, 6.07) is 1.88. The third-order valence-electron chi connectivity index (χ3n) is 3.26. The second kappa shape index (κ2) is 7.04. The van der Waals surface area contributed by atoms with Crippen LogP contribution in [0.5, 0.6) is 0 Å². The third-order valence-corrected chi connectivity index (χ3v) is 6.45. The van der Waals surface area contributed by atoms with Crippen LogP contribution >= 0.6 is 23.7 Å². The molecule has 1 heterocycles. The molecule has 4 nitrogen and oxygen atoms in total. The molecule has 1 rings (SSSR count). The molecule has 0 saturated heterocycles. The number of halogens is 1. The highest BCUT2D eigenvalue weighted by molar-refractivity contribution is 7.91. The molecule has 7 heteroatoms. The van der Waals surface area contributed by atoms with Gasteiger partial charge in [-0.3, -0.25) is 0 Å². The maximum atomic E-state index is 12.2. The van der Waals surface area contributed by atoms with E-state index in [0.29, 0.717) is 4.21 Å². The molecule has 112 valence electrons. The van der Waals surface area contributed by atoms with Crippen LogP contribution in [0.15, 0.2) is 10.3 Å². The fraction of sp³-hybridized carbons (Fsp3) is 0.667. The van der Waals surface area contributed by atoms with Crippen molar-refractivity contribution < 1.29 is 8.42 Å². The quantitative estimate of drug-likeness (QED) is 0.844. The lowest BCUT2D eigenvalue weighted by Crippen LogP contribution is -2.49. The van der Waals surface area contributed by atoms with E-state index in [9.17, 15) is 8.42 Å². The largest absolute Gasteiger partial charge is 0.324 e. The summed E-state index contributed by atoms with van der Waals surface area (Å²) in [4.78, 5) is 0.998. The molecule has 1 aromatic heterocycles. The van der Waals surface area contributed by atoms with Crippen LogP contribution in [0.4, 0.5) is 0 Å². The first-order valence-corrected chi connectivity index (χ1v) is 8.39. The molecule has 3 N–H and O–H groups in total. The van der Waals surface area contributed by atoms with Gasteiger partial charge in [0.25, 0.3) is 0 Å². The number of sulfonamides is 1. The van der Waals surface area contributed by atoms with Gasteiger partial charge in [-0.25, -0.2) is 13.1 Å². The number of aryl methyl sites for hydroxylation is 2. The highest BCUT2D eigenvalue weighted by Crippen LogP contribution is 2.26. The van der Waals surface area contributed by atoms with E-state index in [1.807, 2.05) is 33.8 Å². The third kappa shape index (κ3) is 4.72. The topological polar surface area (TPSA) is 72.2 Å². The van der Waals surface area contributed by atoms with Gasteiger partial charge in [0.15, 0.2) is 0 Å². The van der Waals surface area contributed by atoms with Gasteiger partial charge in [0.1, 0.15) is 4.21 Å². The van der Waals surface area contributed by atoms with Gasteiger partial charge in [0.05, 0.1) is 0 Å². The summed E-state index contributed by atoms with van der Waals surface area (Å²) in [7, 11) is -3.43. The zero-order valence-corrected chi connectivity index (χ0v) is 14.3. The predicted molar refractivity (Wildman–Crippen MR) is 83.7 cm³/mol. The first kappa shape index (κ1) is 18.9. The second-order valence-electron chi connectivity index (χ2n) is 4.72. The monoisotopic (exact) mass is 326 g/mol. The maximum absolute atomic E-state index is 12.2. The zero-order valence-electron chi connectivity index (χ0n) is 11.8. The molecule has 0 radical (unpaired) electrons. The van der Waals surface area contributed by atoms with Crippen LogP contribution in [0.25, 0.3) is 0 Å². The molecule has 0 aliphatic carbocycles. The molecule has 19 heavy (non-hydrogen) atoms. The molecular weight excluding hydrogens is 304 g/mol. The van der Waals surface area contributed by atoms with Gasteiger partial charge in [-0.1, -0.05) is 13.8 Å². The Hall–Kier alpha value is -0.140. The van der Waals surface area contributed by atoms with Crippen molar-refractivity contribution in [1.29, 1.82) is 0 Å². The number of hydrogen-bond donors (Lipinski definition) is 2. The summed E-state index contributed by atoms with van der Waals surface area (Å²) in [5.41, 5.74) is 6.43. The minimum absolute atomic E-state index is 0. The maximum Gasteiger partial charge on any atom is 0.250 e. The first-order chi connectivity index (χ1) is 8.24. The Morgan fingerprint density at radius 3 is 2.21 bits per heavy atom. The molecule has 0 spiro atoms. The van der Waals surface area contributed by atoms with E-state index in [1.165, 1.54) is 11.3 Å². The number of hydrogen-bond acceptors (Lipinski definition) is 4. The average Bonchev–Trinajstić information content (AvgIpc) is 2.66. The van der Waals surface area contributed by atoms with Crippen LogP contribution < -0.4 is 10.5 Å². The zero-order chi connectivity index (χ0) is 14.0. The molecule has 0 saturated carbocycles. The summed E-state index contributed by atoms with van der Waals surface area (Å²) >= 11 is 1.30. The molecule has 0 bridgehead atoms. The highest BCUT2D eigenvalue weighted by Gasteiger charge is 2.25. The predicted octanol–water partition coefficient (Wildman–Crippen LogP) is 2.58. The summed E-state index contributed by atoms with van der Waals surface area (Å²) in [5.74, 6) is 0. The number of nitrogens with two attached hydrogens (primary N) is 1. The molecule has 0 atom stereocenters. The van der Waals surface area contributed by atoms with Crippen LogP contribution in [0.1, 0.15) is 37.1 Å². The van der Waals surface area contributed by atoms with Gasteiger partial charge in [-0.05, 0) is 38.3 Å². The van der Waals surface area contributed by atoms with Crippen LogP contribution in [-0.2, 0) is 10.0 Å². The van der Waals surface area contributed by atoms with Crippen molar-refractivity contribution in [3.05, 3.63) is 16.5 Å². The van der Waals surface area contributed by atoms with Crippen LogP contribution in [-0.4, -0.2) is 20.5 Å². The van der Waals surface area contributed by atoms with E-state index in [1.54, 1.807) is 0 Å². The van der Waals surface area contributed by atoms with Gasteiger partial charge in [-0.15, -0.1) is 23.7 Å². The SMILES string of the molecule is CCC(N)(CC)CNS(=O)(=O)c1sc(C)cc1C.Cl. The normalized spacial score (nSPS) is 12.3. The van der Waals surface area contributed by atoms with Crippen LogP contribution in [0.2, 0.25) is 0 Å². The summed E-state index contributed by atoms with van der Waals surface area (Å²) < 4.78 is 27.4. The van der Waals surface area contributed by atoms with E-state index >= 15 is 0 Å². The van der Waals surface area contributed by atoms with Crippen molar-refractivity contribution in [1.82, 2.24) is 4.72 Å². The van der Waals surface area contributed by atoms with Crippen molar-refractivity contribution in [2.24, 2.45) is 5.73 Å². The average molecular weight is 327 g/mol. The molecule has 0 aromatic carbocycles. The number of thiophene rings is 1. The number of nitrogens with one attached hydrogen (secondary N) is 1. The van der Waals surface area contributed by atoms with Crippen molar-refractivity contribution in [3.8, 4) is 0 Å². The standard InChI is InChI=1S/C12H22N2O2S2.ClH/c1-5-12(13,6-2)8-14-18(15,16)11-9(3)7-10(4)17-11;/h7,14H,5-6,8,13H2,1-4H3;1H. The molecule has 0 fully saturated rings. The Balaban J connectivity index is 0.00000324. The lowest BCUT2D eigenvalue weighted by molar-refractivity contribution is 0.392. The van der Waals surface area contributed by atoms with E-state index in [4.69, 9.17) is 5.73 Å². The van der Waals surface area contributed by atoms with Gasteiger partial charge >= 0.3 is 0 Å². The number of rotatable bonds is 6. The molecule has 0 amide bonds. The smallest absolute Gasteiger partial charge is 0.250 e. The van der Waals surface area contributed by atoms with Gasteiger partial charge in [0.2, 0.25) is 10.0 Å². The Morgan fingerprint density at radius 2 is 1.84 bits per heavy atom. The van der Waals surface area contributed by atoms with Crippen LogP contribution in [0.3, 0.4) is 0 Å². The van der Waals surface area contributed by atoms with Crippen molar-refractivity contribution in [3.63, 3.8) is 0 Å². The van der Waals surface area contributed by atoms with Gasteiger partial charge < -0.3 is 5.73 Å². The Bertz CT molecular complexity index is 508. The van der Waals surface area contributed by atoms with E-state index in [-0.39, 0.29) is 19.0 Å². The van der Waals surface area contributed by atoms with Crippen LogP contribution in [0, 0.1) is 13.8 Å². The first-order valence-electron chi connectivity index (χ1n) is 6.09. The van der Waals surface area contributed by atoms with Crippen molar-refractivity contribution in [2.45, 2.75) is 50.3 Å². The van der Waals surface area contributed by atoms with E-state index < -0.39 is 15.6 Å². The Kier molecular flexibility index (Phi) is 6.99. The molecule has 0 aliphatic rings.